The van der Waals surface area contributed by atoms with Crippen LogP contribution < -0.4 is 10.4 Å². The molecular weight excluding hydrogens is 166 g/mol. The number of rotatable bonds is 2. The molecule has 0 aliphatic carbocycles. The number of hydrogen-bond acceptors (Lipinski definition) is 2. The van der Waals surface area contributed by atoms with Gasteiger partial charge in [0.1, 0.15) is 6.09 Å². The first kappa shape index (κ1) is 9.58. The molecule has 0 atom stereocenters. The van der Waals surface area contributed by atoms with Crippen molar-refractivity contribution in [2.45, 2.75) is 20.4 Å². The van der Waals surface area contributed by atoms with Gasteiger partial charge in [-0.05, 0) is 30.5 Å². The molecule has 3 nitrogen and oxygen atoms in total. The molecule has 0 aliphatic heterocycles. The van der Waals surface area contributed by atoms with E-state index in [0.29, 0.717) is 6.54 Å². The molecule has 0 radical (unpaired) electrons. The molecule has 0 aliphatic rings. The van der Waals surface area contributed by atoms with Crippen LogP contribution in [0.15, 0.2) is 18.2 Å². The summed E-state index contributed by atoms with van der Waals surface area (Å²) >= 11 is 0. The summed E-state index contributed by atoms with van der Waals surface area (Å²) in [6, 6.07) is 5.84. The van der Waals surface area contributed by atoms with Crippen LogP contribution in [-0.2, 0) is 6.54 Å². The molecular formula is C10H12NO2-. The number of carbonyl (C=O) groups excluding carboxylic acids is 1. The van der Waals surface area contributed by atoms with Crippen LogP contribution in [0.2, 0.25) is 0 Å². The number of amides is 1. The minimum atomic E-state index is -1.24. The zero-order chi connectivity index (χ0) is 9.84. The first-order valence-electron chi connectivity index (χ1n) is 4.10. The van der Waals surface area contributed by atoms with Crippen molar-refractivity contribution in [3.05, 3.63) is 34.9 Å². The van der Waals surface area contributed by atoms with E-state index in [1.54, 1.807) is 0 Å². The normalized spacial score (nSPS) is 9.69. The molecule has 13 heavy (non-hydrogen) atoms. The van der Waals surface area contributed by atoms with E-state index in [0.717, 1.165) is 11.1 Å². The fourth-order valence-corrected chi connectivity index (χ4v) is 1.09. The Bertz CT molecular complexity index is 321. The van der Waals surface area contributed by atoms with Crippen LogP contribution in [0.5, 0.6) is 0 Å². The highest BCUT2D eigenvalue weighted by Crippen LogP contribution is 2.09. The fourth-order valence-electron chi connectivity index (χ4n) is 1.09. The Balaban J connectivity index is 2.68. The lowest BCUT2D eigenvalue weighted by Gasteiger charge is -2.08. The highest BCUT2D eigenvalue weighted by Gasteiger charge is 1.95. The standard InChI is InChI=1S/C10H13NO2/c1-7-3-4-9(5-8(7)2)6-11-10(12)13/h3-5,11H,6H2,1-2H3,(H,12,13)/p-1. The molecule has 1 rings (SSSR count). The molecule has 3 heteroatoms. The molecule has 0 heterocycles. The molecule has 70 valence electrons. The Kier molecular flexibility index (Phi) is 2.90. The van der Waals surface area contributed by atoms with Crippen LogP contribution in [0.25, 0.3) is 0 Å². The van der Waals surface area contributed by atoms with E-state index < -0.39 is 6.09 Å². The Hall–Kier alpha value is -1.51. The summed E-state index contributed by atoms with van der Waals surface area (Å²) < 4.78 is 0. The summed E-state index contributed by atoms with van der Waals surface area (Å²) in [5, 5.41) is 12.3. The van der Waals surface area contributed by atoms with Gasteiger partial charge in [0.15, 0.2) is 0 Å². The molecule has 0 saturated heterocycles. The molecule has 0 spiro atoms. The summed E-state index contributed by atoms with van der Waals surface area (Å²) in [6.45, 7) is 4.33. The van der Waals surface area contributed by atoms with Crippen LogP contribution in [0.4, 0.5) is 4.79 Å². The lowest BCUT2D eigenvalue weighted by Crippen LogP contribution is -2.35. The summed E-state index contributed by atoms with van der Waals surface area (Å²) in [7, 11) is 0. The maximum atomic E-state index is 10.1. The molecule has 1 amide bonds. The van der Waals surface area contributed by atoms with E-state index in [2.05, 4.69) is 5.32 Å². The molecule has 0 saturated carbocycles. The number of hydrogen-bond donors (Lipinski definition) is 1. The third kappa shape index (κ3) is 2.78. The largest absolute Gasteiger partial charge is 0.530 e. The second-order valence-electron chi connectivity index (χ2n) is 3.06. The average molecular weight is 178 g/mol. The number of carbonyl (C=O) groups is 1. The zero-order valence-corrected chi connectivity index (χ0v) is 7.76. The highest BCUT2D eigenvalue weighted by molar-refractivity contribution is 5.61. The topological polar surface area (TPSA) is 52.2 Å². The monoisotopic (exact) mass is 178 g/mol. The van der Waals surface area contributed by atoms with E-state index in [-0.39, 0.29) is 0 Å². The molecule has 1 aromatic rings. The van der Waals surface area contributed by atoms with Gasteiger partial charge in [0.25, 0.3) is 0 Å². The maximum absolute atomic E-state index is 10.1. The lowest BCUT2D eigenvalue weighted by molar-refractivity contribution is -0.251. The van der Waals surface area contributed by atoms with Crippen molar-refractivity contribution in [1.82, 2.24) is 5.32 Å². The van der Waals surface area contributed by atoms with Gasteiger partial charge >= 0.3 is 0 Å². The minimum Gasteiger partial charge on any atom is -0.530 e. The number of benzene rings is 1. The van der Waals surface area contributed by atoms with Crippen molar-refractivity contribution in [3.63, 3.8) is 0 Å². The van der Waals surface area contributed by atoms with Crippen LogP contribution >= 0.6 is 0 Å². The maximum Gasteiger partial charge on any atom is 0.134 e. The van der Waals surface area contributed by atoms with Crippen molar-refractivity contribution in [1.29, 1.82) is 0 Å². The Morgan fingerprint density at radius 3 is 2.62 bits per heavy atom. The van der Waals surface area contributed by atoms with Gasteiger partial charge in [-0.25, -0.2) is 0 Å². The van der Waals surface area contributed by atoms with Crippen molar-refractivity contribution in [3.8, 4) is 0 Å². The van der Waals surface area contributed by atoms with Crippen molar-refractivity contribution in [2.75, 3.05) is 0 Å². The molecule has 0 aromatic heterocycles. The molecule has 0 bridgehead atoms. The Morgan fingerprint density at radius 1 is 1.38 bits per heavy atom. The van der Waals surface area contributed by atoms with Crippen molar-refractivity contribution >= 4 is 6.09 Å². The van der Waals surface area contributed by atoms with Gasteiger partial charge in [0, 0.05) is 6.54 Å². The Morgan fingerprint density at radius 2 is 2.08 bits per heavy atom. The van der Waals surface area contributed by atoms with E-state index >= 15 is 0 Å². The van der Waals surface area contributed by atoms with E-state index in [4.69, 9.17) is 0 Å². The quantitative estimate of drug-likeness (QED) is 0.726. The van der Waals surface area contributed by atoms with Crippen molar-refractivity contribution in [2.24, 2.45) is 0 Å². The molecule has 1 aromatic carbocycles. The third-order valence-corrected chi connectivity index (χ3v) is 2.01. The van der Waals surface area contributed by atoms with Crippen LogP contribution in [0.3, 0.4) is 0 Å². The Labute approximate surface area is 77.4 Å². The summed E-state index contributed by atoms with van der Waals surface area (Å²) in [6.07, 6.45) is -1.24. The van der Waals surface area contributed by atoms with Crippen LogP contribution in [-0.4, -0.2) is 6.09 Å². The smallest absolute Gasteiger partial charge is 0.134 e. The zero-order valence-electron chi connectivity index (χ0n) is 7.76. The number of carboxylic acid groups (broad SMARTS) is 1. The number of nitrogens with one attached hydrogen (secondary N) is 1. The molecule has 0 fully saturated rings. The average Bonchev–Trinajstić information content (AvgIpc) is 2.07. The molecule has 1 N–H and O–H groups in total. The summed E-state index contributed by atoms with van der Waals surface area (Å²) in [4.78, 5) is 10.1. The van der Waals surface area contributed by atoms with E-state index in [1.807, 2.05) is 32.0 Å². The summed E-state index contributed by atoms with van der Waals surface area (Å²) in [5.41, 5.74) is 3.32. The van der Waals surface area contributed by atoms with Gasteiger partial charge in [-0.15, -0.1) is 0 Å². The van der Waals surface area contributed by atoms with Crippen LogP contribution in [0.1, 0.15) is 16.7 Å². The first-order chi connectivity index (χ1) is 6.09. The predicted octanol–water partition coefficient (Wildman–Crippen LogP) is 0.736. The van der Waals surface area contributed by atoms with Gasteiger partial charge < -0.3 is 15.2 Å². The van der Waals surface area contributed by atoms with Crippen LogP contribution in [0, 0.1) is 13.8 Å². The van der Waals surface area contributed by atoms with Gasteiger partial charge in [0.05, 0.1) is 0 Å². The van der Waals surface area contributed by atoms with E-state index in [1.165, 1.54) is 5.56 Å². The molecule has 0 unspecified atom stereocenters. The van der Waals surface area contributed by atoms with Gasteiger partial charge in [-0.3, -0.25) is 0 Å². The minimum absolute atomic E-state index is 0.309. The number of aryl methyl sites for hydroxylation is 2. The van der Waals surface area contributed by atoms with Gasteiger partial charge in [-0.2, -0.15) is 0 Å². The lowest BCUT2D eigenvalue weighted by atomic mass is 10.1. The fraction of sp³-hybridized carbons (Fsp3) is 0.300. The third-order valence-electron chi connectivity index (χ3n) is 2.01. The van der Waals surface area contributed by atoms with E-state index in [9.17, 15) is 9.90 Å². The van der Waals surface area contributed by atoms with Crippen molar-refractivity contribution < 1.29 is 9.90 Å². The van der Waals surface area contributed by atoms with Gasteiger partial charge in [0.2, 0.25) is 0 Å². The summed E-state index contributed by atoms with van der Waals surface area (Å²) in [5.74, 6) is 0. The first-order valence-corrected chi connectivity index (χ1v) is 4.10. The predicted molar refractivity (Wildman–Crippen MR) is 48.2 cm³/mol. The second-order valence-corrected chi connectivity index (χ2v) is 3.06. The highest BCUT2D eigenvalue weighted by atomic mass is 16.4. The second kappa shape index (κ2) is 3.94. The SMILES string of the molecule is Cc1ccc(CNC(=O)[O-])cc1C. The van der Waals surface area contributed by atoms with Gasteiger partial charge in [-0.1, -0.05) is 18.2 Å².